The number of nitrogen functional groups attached to an aromatic ring is 1. The van der Waals surface area contributed by atoms with Crippen molar-refractivity contribution in [3.63, 3.8) is 0 Å². The van der Waals surface area contributed by atoms with Crippen molar-refractivity contribution in [1.82, 2.24) is 5.32 Å². The highest BCUT2D eigenvalue weighted by Gasteiger charge is 2.18. The SMILES string of the molecule is CCC(NC(=O)/C(C#N)=C\Nc1cc(C)ccc1N)c1ccc2c(c1)CCCC2. The number of hydrogen-bond donors (Lipinski definition) is 3. The summed E-state index contributed by atoms with van der Waals surface area (Å²) in [6.07, 6.45) is 6.86. The van der Waals surface area contributed by atoms with Gasteiger partial charge in [-0.15, -0.1) is 0 Å². The first kappa shape index (κ1) is 20.5. The molecule has 0 aliphatic heterocycles. The van der Waals surface area contributed by atoms with E-state index in [9.17, 15) is 10.1 Å². The van der Waals surface area contributed by atoms with Crippen molar-refractivity contribution >= 4 is 17.3 Å². The highest BCUT2D eigenvalue weighted by Crippen LogP contribution is 2.26. The van der Waals surface area contributed by atoms with Gasteiger partial charge in [0.1, 0.15) is 11.6 Å². The van der Waals surface area contributed by atoms with Gasteiger partial charge in [0.15, 0.2) is 0 Å². The van der Waals surface area contributed by atoms with E-state index in [4.69, 9.17) is 5.73 Å². The Bertz CT molecular complexity index is 971. The highest BCUT2D eigenvalue weighted by atomic mass is 16.1. The lowest BCUT2D eigenvalue weighted by Crippen LogP contribution is -2.29. The molecule has 0 radical (unpaired) electrons. The van der Waals surface area contributed by atoms with Gasteiger partial charge in [-0.1, -0.05) is 31.2 Å². The van der Waals surface area contributed by atoms with E-state index < -0.39 is 5.91 Å². The molecular weight excluding hydrogens is 360 g/mol. The minimum Gasteiger partial charge on any atom is -0.397 e. The van der Waals surface area contributed by atoms with Crippen LogP contribution in [0.15, 0.2) is 48.2 Å². The van der Waals surface area contributed by atoms with Crippen LogP contribution in [0, 0.1) is 18.3 Å². The number of benzene rings is 2. The van der Waals surface area contributed by atoms with E-state index in [-0.39, 0.29) is 11.6 Å². The summed E-state index contributed by atoms with van der Waals surface area (Å²) in [4.78, 5) is 12.7. The molecule has 3 rings (SSSR count). The fraction of sp³-hybridized carbons (Fsp3) is 0.333. The number of rotatable bonds is 6. The van der Waals surface area contributed by atoms with Crippen LogP contribution in [0.5, 0.6) is 0 Å². The molecule has 2 aromatic rings. The molecule has 29 heavy (non-hydrogen) atoms. The molecule has 0 heterocycles. The number of carbonyl (C=O) groups excluding carboxylic acids is 1. The molecule has 4 N–H and O–H groups in total. The van der Waals surface area contributed by atoms with E-state index in [1.54, 1.807) is 6.07 Å². The number of nitrogens with one attached hydrogen (secondary N) is 2. The zero-order chi connectivity index (χ0) is 20.8. The maximum atomic E-state index is 12.7. The first-order valence-corrected chi connectivity index (χ1v) is 10.2. The molecular formula is C24H28N4O. The maximum Gasteiger partial charge on any atom is 0.263 e. The largest absolute Gasteiger partial charge is 0.397 e. The third kappa shape index (κ3) is 4.97. The van der Waals surface area contributed by atoms with Gasteiger partial charge in [-0.25, -0.2) is 0 Å². The Labute approximate surface area is 172 Å². The molecule has 0 saturated carbocycles. The molecule has 0 aromatic heterocycles. The van der Waals surface area contributed by atoms with Crippen LogP contribution in [0.2, 0.25) is 0 Å². The van der Waals surface area contributed by atoms with Crippen LogP contribution in [0.25, 0.3) is 0 Å². The van der Waals surface area contributed by atoms with Crippen LogP contribution in [-0.2, 0) is 17.6 Å². The normalized spacial score (nSPS) is 14.4. The lowest BCUT2D eigenvalue weighted by molar-refractivity contribution is -0.117. The second-order valence-electron chi connectivity index (χ2n) is 7.57. The van der Waals surface area contributed by atoms with E-state index in [0.717, 1.165) is 30.4 Å². The molecule has 0 spiro atoms. The molecule has 5 nitrogen and oxygen atoms in total. The van der Waals surface area contributed by atoms with Gasteiger partial charge >= 0.3 is 0 Å². The Kier molecular flexibility index (Phi) is 6.56. The minimum atomic E-state index is -0.393. The summed E-state index contributed by atoms with van der Waals surface area (Å²) in [5.74, 6) is -0.393. The third-order valence-electron chi connectivity index (χ3n) is 5.43. The summed E-state index contributed by atoms with van der Waals surface area (Å²) in [6, 6.07) is 13.9. The van der Waals surface area contributed by atoms with E-state index in [2.05, 4.69) is 28.8 Å². The fourth-order valence-electron chi connectivity index (χ4n) is 3.72. The summed E-state index contributed by atoms with van der Waals surface area (Å²) in [7, 11) is 0. The van der Waals surface area contributed by atoms with Crippen molar-refractivity contribution < 1.29 is 4.79 Å². The number of nitrogens with two attached hydrogens (primary N) is 1. The van der Waals surface area contributed by atoms with Crippen molar-refractivity contribution in [1.29, 1.82) is 5.26 Å². The molecule has 1 aliphatic carbocycles. The number of carbonyl (C=O) groups is 1. The van der Waals surface area contributed by atoms with Crippen molar-refractivity contribution in [3.8, 4) is 6.07 Å². The Balaban J connectivity index is 1.73. The lowest BCUT2D eigenvalue weighted by atomic mass is 9.88. The van der Waals surface area contributed by atoms with Crippen LogP contribution in [0.4, 0.5) is 11.4 Å². The Morgan fingerprint density at radius 3 is 2.69 bits per heavy atom. The van der Waals surface area contributed by atoms with Crippen molar-refractivity contribution in [2.75, 3.05) is 11.1 Å². The van der Waals surface area contributed by atoms with Gasteiger partial charge in [0, 0.05) is 6.20 Å². The molecule has 0 fully saturated rings. The standard InChI is InChI=1S/C24H28N4O/c1-3-22(19-10-9-17-6-4-5-7-18(17)13-19)28-24(29)20(14-25)15-27-23-12-16(2)8-11-21(23)26/h8-13,15,22,27H,3-7,26H2,1-2H3,(H,28,29)/b20-15-. The average Bonchev–Trinajstić information content (AvgIpc) is 2.74. The second-order valence-corrected chi connectivity index (χ2v) is 7.57. The van der Waals surface area contributed by atoms with Gasteiger partial charge in [-0.3, -0.25) is 4.79 Å². The molecule has 2 aromatic carbocycles. The molecule has 1 aliphatic rings. The van der Waals surface area contributed by atoms with Gasteiger partial charge in [0.05, 0.1) is 17.4 Å². The number of anilines is 2. The summed E-state index contributed by atoms with van der Waals surface area (Å²) in [6.45, 7) is 3.99. The predicted octanol–water partition coefficient (Wildman–Crippen LogP) is 4.54. The lowest BCUT2D eigenvalue weighted by Gasteiger charge is -2.21. The molecule has 1 amide bonds. The number of amides is 1. The van der Waals surface area contributed by atoms with Gasteiger partial charge in [0.2, 0.25) is 0 Å². The fourth-order valence-corrected chi connectivity index (χ4v) is 3.72. The summed E-state index contributed by atoms with van der Waals surface area (Å²) in [5.41, 5.74) is 12.1. The summed E-state index contributed by atoms with van der Waals surface area (Å²) < 4.78 is 0. The minimum absolute atomic E-state index is 0.0160. The molecule has 1 atom stereocenters. The first-order chi connectivity index (χ1) is 14.0. The van der Waals surface area contributed by atoms with Crippen LogP contribution in [0.3, 0.4) is 0 Å². The Morgan fingerprint density at radius 1 is 1.21 bits per heavy atom. The number of hydrogen-bond acceptors (Lipinski definition) is 4. The second kappa shape index (κ2) is 9.29. The smallest absolute Gasteiger partial charge is 0.263 e. The van der Waals surface area contributed by atoms with Crippen LogP contribution < -0.4 is 16.4 Å². The summed E-state index contributed by atoms with van der Waals surface area (Å²) >= 11 is 0. The van der Waals surface area contributed by atoms with Crippen molar-refractivity contribution in [2.45, 2.75) is 52.0 Å². The number of aryl methyl sites for hydroxylation is 3. The molecule has 5 heteroatoms. The molecule has 1 unspecified atom stereocenters. The molecule has 150 valence electrons. The monoisotopic (exact) mass is 388 g/mol. The first-order valence-electron chi connectivity index (χ1n) is 10.2. The van der Waals surface area contributed by atoms with Gasteiger partial charge in [0.25, 0.3) is 5.91 Å². The van der Waals surface area contributed by atoms with Gasteiger partial charge in [-0.2, -0.15) is 5.26 Å². The Morgan fingerprint density at radius 2 is 1.97 bits per heavy atom. The van der Waals surface area contributed by atoms with Crippen molar-refractivity contribution in [3.05, 3.63) is 70.4 Å². The van der Waals surface area contributed by atoms with Gasteiger partial charge in [-0.05, 0) is 73.4 Å². The predicted molar refractivity (Wildman–Crippen MR) is 117 cm³/mol. The van der Waals surface area contributed by atoms with Crippen LogP contribution >= 0.6 is 0 Å². The van der Waals surface area contributed by atoms with Crippen LogP contribution in [0.1, 0.15) is 54.5 Å². The molecule has 0 bridgehead atoms. The Hall–Kier alpha value is -3.26. The van der Waals surface area contributed by atoms with E-state index in [0.29, 0.717) is 11.4 Å². The van der Waals surface area contributed by atoms with E-state index in [1.807, 2.05) is 32.0 Å². The highest BCUT2D eigenvalue weighted by molar-refractivity contribution is 5.97. The molecule has 0 saturated heterocycles. The zero-order valence-electron chi connectivity index (χ0n) is 17.1. The topological polar surface area (TPSA) is 90.9 Å². The van der Waals surface area contributed by atoms with E-state index >= 15 is 0 Å². The van der Waals surface area contributed by atoms with E-state index in [1.165, 1.54) is 30.2 Å². The number of nitriles is 1. The number of fused-ring (bicyclic) bond motifs is 1. The third-order valence-corrected chi connectivity index (χ3v) is 5.43. The summed E-state index contributed by atoms with van der Waals surface area (Å²) in [5, 5.41) is 15.5. The maximum absolute atomic E-state index is 12.7. The zero-order valence-corrected chi connectivity index (χ0v) is 17.1. The quantitative estimate of drug-likeness (QED) is 0.385. The van der Waals surface area contributed by atoms with Gasteiger partial charge < -0.3 is 16.4 Å². The number of nitrogens with zero attached hydrogens (tertiary/aromatic N) is 1. The van der Waals surface area contributed by atoms with Crippen molar-refractivity contribution in [2.24, 2.45) is 0 Å². The average molecular weight is 389 g/mol. The van der Waals surface area contributed by atoms with Crippen LogP contribution in [-0.4, -0.2) is 5.91 Å².